The molecule has 0 aliphatic rings. The second kappa shape index (κ2) is 11.5. The van der Waals surface area contributed by atoms with Crippen LogP contribution in [0.5, 0.6) is 0 Å². The molecule has 15 heavy (non-hydrogen) atoms. The largest absolute Gasteiger partial charge is 0.389 e. The summed E-state index contributed by atoms with van der Waals surface area (Å²) in [6.07, 6.45) is 14.5. The van der Waals surface area contributed by atoms with Gasteiger partial charge in [0.05, 0.1) is 6.10 Å². The van der Waals surface area contributed by atoms with E-state index in [1.54, 1.807) is 18.2 Å². The average molecular weight is 229 g/mol. The molecule has 86 valence electrons. The smallest absolute Gasteiger partial charge is 0.0758 e. The number of hydrogen-bond donors (Lipinski definition) is 1. The molecule has 0 bridgehead atoms. The van der Waals surface area contributed by atoms with Crippen LogP contribution in [0.1, 0.15) is 39.0 Å². The lowest BCUT2D eigenvalue weighted by atomic mass is 10.1. The lowest BCUT2D eigenvalue weighted by molar-refractivity contribution is 0.227. The molecule has 0 rings (SSSR count). The maximum absolute atomic E-state index is 9.46. The number of rotatable bonds is 8. The lowest BCUT2D eigenvalue weighted by Crippen LogP contribution is -1.98. The van der Waals surface area contributed by atoms with Crippen molar-refractivity contribution >= 4 is 11.6 Å². The number of aliphatic hydroxyl groups excluding tert-OH is 1. The van der Waals surface area contributed by atoms with Gasteiger partial charge in [0.2, 0.25) is 0 Å². The zero-order chi connectivity index (χ0) is 11.4. The van der Waals surface area contributed by atoms with Crippen LogP contribution in [0.3, 0.4) is 0 Å². The summed E-state index contributed by atoms with van der Waals surface area (Å²) >= 11 is 5.33. The van der Waals surface area contributed by atoms with Crippen molar-refractivity contribution in [3.8, 4) is 0 Å². The van der Waals surface area contributed by atoms with E-state index in [2.05, 4.69) is 13.0 Å². The van der Waals surface area contributed by atoms with Crippen LogP contribution in [-0.2, 0) is 0 Å². The van der Waals surface area contributed by atoms with E-state index in [0.717, 1.165) is 6.42 Å². The summed E-state index contributed by atoms with van der Waals surface area (Å²) in [6, 6.07) is 0. The molecule has 0 aromatic rings. The van der Waals surface area contributed by atoms with Crippen LogP contribution in [0.4, 0.5) is 0 Å². The van der Waals surface area contributed by atoms with Gasteiger partial charge in [0.15, 0.2) is 0 Å². The maximum Gasteiger partial charge on any atom is 0.0758 e. The molecule has 0 spiro atoms. The molecule has 0 aliphatic heterocycles. The van der Waals surface area contributed by atoms with E-state index in [1.165, 1.54) is 24.8 Å². The zero-order valence-corrected chi connectivity index (χ0v) is 10.2. The minimum absolute atomic E-state index is 0.403. The Kier molecular flexibility index (Phi) is 11.1. The van der Waals surface area contributed by atoms with Crippen LogP contribution in [0.2, 0.25) is 0 Å². The molecule has 1 atom stereocenters. The van der Waals surface area contributed by atoms with Crippen molar-refractivity contribution in [1.29, 1.82) is 0 Å². The number of allylic oxidation sites excluding steroid dienone is 3. The predicted molar refractivity (Wildman–Crippen MR) is 68.0 cm³/mol. The van der Waals surface area contributed by atoms with E-state index < -0.39 is 6.10 Å². The summed E-state index contributed by atoms with van der Waals surface area (Å²) < 4.78 is 0. The predicted octanol–water partition coefficient (Wildman–Crippen LogP) is 4.18. The van der Waals surface area contributed by atoms with Gasteiger partial charge in [0, 0.05) is 5.54 Å². The molecule has 2 heteroatoms. The van der Waals surface area contributed by atoms with Gasteiger partial charge in [-0.25, -0.2) is 0 Å². The van der Waals surface area contributed by atoms with Crippen LogP contribution in [0.15, 0.2) is 35.9 Å². The first-order chi connectivity index (χ1) is 7.31. The van der Waals surface area contributed by atoms with Crippen molar-refractivity contribution in [3.05, 3.63) is 35.9 Å². The topological polar surface area (TPSA) is 20.2 Å². The zero-order valence-electron chi connectivity index (χ0n) is 9.40. The van der Waals surface area contributed by atoms with Crippen molar-refractivity contribution in [3.63, 3.8) is 0 Å². The standard InChI is InChI=1S/C13H21ClO/c1-2-3-4-5-6-7-10-13(15)11-8-9-12-14/h6-9,11-13,15H,2-5,10H2,1H3/b7-6-,11-8+,12-9+. The normalized spacial score (nSPS) is 14.6. The number of aliphatic hydroxyl groups is 1. The summed E-state index contributed by atoms with van der Waals surface area (Å²) in [4.78, 5) is 0. The first-order valence-electron chi connectivity index (χ1n) is 5.57. The Morgan fingerprint density at radius 1 is 1.20 bits per heavy atom. The lowest BCUT2D eigenvalue weighted by Gasteiger charge is -1.99. The highest BCUT2D eigenvalue weighted by molar-refractivity contribution is 6.25. The first kappa shape index (κ1) is 14.5. The molecule has 0 saturated carbocycles. The monoisotopic (exact) mass is 228 g/mol. The SMILES string of the molecule is CCCCC/C=C\CC(O)/C=C/C=C/Cl. The molecule has 0 amide bonds. The van der Waals surface area contributed by atoms with Crippen molar-refractivity contribution in [2.24, 2.45) is 0 Å². The highest BCUT2D eigenvalue weighted by Gasteiger charge is 1.92. The van der Waals surface area contributed by atoms with Gasteiger partial charge in [-0.1, -0.05) is 61.7 Å². The van der Waals surface area contributed by atoms with Crippen LogP contribution in [0.25, 0.3) is 0 Å². The molecule has 0 heterocycles. The fourth-order valence-corrected chi connectivity index (χ4v) is 1.26. The van der Waals surface area contributed by atoms with E-state index >= 15 is 0 Å². The first-order valence-corrected chi connectivity index (χ1v) is 6.01. The Labute approximate surface area is 98.1 Å². The highest BCUT2D eigenvalue weighted by Crippen LogP contribution is 2.02. The quantitative estimate of drug-likeness (QED) is 0.375. The molecule has 1 nitrogen and oxygen atoms in total. The maximum atomic E-state index is 9.46. The number of hydrogen-bond acceptors (Lipinski definition) is 1. The second-order valence-electron chi connectivity index (χ2n) is 3.47. The van der Waals surface area contributed by atoms with Gasteiger partial charge in [-0.3, -0.25) is 0 Å². The Bertz CT molecular complexity index is 207. The van der Waals surface area contributed by atoms with Crippen LogP contribution in [-0.4, -0.2) is 11.2 Å². The second-order valence-corrected chi connectivity index (χ2v) is 3.73. The molecule has 1 N–H and O–H groups in total. The number of halogens is 1. The van der Waals surface area contributed by atoms with Gasteiger partial charge in [-0.15, -0.1) is 0 Å². The summed E-state index contributed by atoms with van der Waals surface area (Å²) in [7, 11) is 0. The average Bonchev–Trinajstić information content (AvgIpc) is 2.23. The Balaban J connectivity index is 3.48. The van der Waals surface area contributed by atoms with Gasteiger partial charge in [-0.2, -0.15) is 0 Å². The molecule has 0 aromatic carbocycles. The van der Waals surface area contributed by atoms with Gasteiger partial charge in [0.25, 0.3) is 0 Å². The van der Waals surface area contributed by atoms with Gasteiger partial charge < -0.3 is 5.11 Å². The van der Waals surface area contributed by atoms with Crippen LogP contribution >= 0.6 is 11.6 Å². The minimum atomic E-state index is -0.403. The van der Waals surface area contributed by atoms with Crippen LogP contribution in [0, 0.1) is 0 Å². The molecular formula is C13H21ClO. The molecule has 1 unspecified atom stereocenters. The van der Waals surface area contributed by atoms with Gasteiger partial charge in [-0.05, 0) is 19.3 Å². The van der Waals surface area contributed by atoms with E-state index in [9.17, 15) is 5.11 Å². The third kappa shape index (κ3) is 11.4. The van der Waals surface area contributed by atoms with Crippen molar-refractivity contribution < 1.29 is 5.11 Å². The van der Waals surface area contributed by atoms with E-state index in [0.29, 0.717) is 6.42 Å². The fourth-order valence-electron chi connectivity index (χ4n) is 1.18. The third-order valence-corrected chi connectivity index (χ3v) is 2.18. The third-order valence-electron chi connectivity index (χ3n) is 2.04. The van der Waals surface area contributed by atoms with Crippen molar-refractivity contribution in [2.75, 3.05) is 0 Å². The Morgan fingerprint density at radius 2 is 2.00 bits per heavy atom. The molecule has 0 saturated heterocycles. The number of unbranched alkanes of at least 4 members (excludes halogenated alkanes) is 3. The molecule has 0 fully saturated rings. The summed E-state index contributed by atoms with van der Waals surface area (Å²) in [5.74, 6) is 0. The summed E-state index contributed by atoms with van der Waals surface area (Å²) in [5.41, 5.74) is 1.42. The summed E-state index contributed by atoms with van der Waals surface area (Å²) in [6.45, 7) is 2.20. The fraction of sp³-hybridized carbons (Fsp3) is 0.538. The highest BCUT2D eigenvalue weighted by atomic mass is 35.5. The summed E-state index contributed by atoms with van der Waals surface area (Å²) in [5, 5.41) is 9.46. The van der Waals surface area contributed by atoms with Gasteiger partial charge in [0.1, 0.15) is 0 Å². The van der Waals surface area contributed by atoms with E-state index in [-0.39, 0.29) is 0 Å². The molecule has 0 radical (unpaired) electrons. The Morgan fingerprint density at radius 3 is 2.67 bits per heavy atom. The Hall–Kier alpha value is -0.530. The minimum Gasteiger partial charge on any atom is -0.389 e. The molecule has 0 aromatic heterocycles. The molecule has 0 aliphatic carbocycles. The van der Waals surface area contributed by atoms with E-state index in [1.807, 2.05) is 6.08 Å². The van der Waals surface area contributed by atoms with Crippen molar-refractivity contribution in [1.82, 2.24) is 0 Å². The van der Waals surface area contributed by atoms with Crippen molar-refractivity contribution in [2.45, 2.75) is 45.1 Å². The molecular weight excluding hydrogens is 208 g/mol. The van der Waals surface area contributed by atoms with E-state index in [4.69, 9.17) is 11.6 Å². The van der Waals surface area contributed by atoms with Crippen LogP contribution < -0.4 is 0 Å². The van der Waals surface area contributed by atoms with Gasteiger partial charge >= 0.3 is 0 Å².